The summed E-state index contributed by atoms with van der Waals surface area (Å²) < 4.78 is 2.13. The molecule has 4 rings (SSSR count). The van der Waals surface area contributed by atoms with Crippen molar-refractivity contribution in [1.82, 2.24) is 25.0 Å². The van der Waals surface area contributed by atoms with Crippen LogP contribution in [0.5, 0.6) is 0 Å². The molecule has 1 N–H and O–H groups in total. The third-order valence-corrected chi connectivity index (χ3v) is 6.35. The van der Waals surface area contributed by atoms with Crippen LogP contribution in [0.3, 0.4) is 0 Å². The molecule has 2 heterocycles. The van der Waals surface area contributed by atoms with E-state index in [2.05, 4.69) is 56.3 Å². The fraction of sp³-hybridized carbons (Fsp3) is 0.550. The van der Waals surface area contributed by atoms with Crippen LogP contribution in [-0.2, 0) is 17.6 Å². The largest absolute Gasteiger partial charge is 0.352 e. The second-order valence-electron chi connectivity index (χ2n) is 7.59. The average molecular weight is 386 g/mol. The first-order valence-electron chi connectivity index (χ1n) is 9.77. The molecule has 1 atom stereocenters. The Balaban J connectivity index is 1.34. The molecule has 0 spiro atoms. The predicted octanol–water partition coefficient (Wildman–Crippen LogP) is 2.57. The summed E-state index contributed by atoms with van der Waals surface area (Å²) in [7, 11) is 2.06. The number of likely N-dealkylation sites (tertiary alicyclic amines) is 1. The van der Waals surface area contributed by atoms with Gasteiger partial charge in [-0.05, 0) is 37.8 Å². The van der Waals surface area contributed by atoms with Crippen molar-refractivity contribution in [2.24, 2.45) is 7.05 Å². The molecular weight excluding hydrogens is 358 g/mol. The molecule has 144 valence electrons. The lowest BCUT2D eigenvalue weighted by Crippen LogP contribution is -2.42. The Morgan fingerprint density at radius 1 is 1.22 bits per heavy atom. The van der Waals surface area contributed by atoms with Crippen molar-refractivity contribution < 1.29 is 4.79 Å². The van der Waals surface area contributed by atoms with Crippen LogP contribution in [0, 0.1) is 0 Å². The topological polar surface area (TPSA) is 63.1 Å². The molecule has 2 aliphatic rings. The van der Waals surface area contributed by atoms with E-state index in [9.17, 15) is 4.79 Å². The van der Waals surface area contributed by atoms with E-state index >= 15 is 0 Å². The number of carbonyl (C=O) groups excluding carboxylic acids is 1. The maximum atomic E-state index is 12.1. The van der Waals surface area contributed by atoms with Gasteiger partial charge in [0, 0.05) is 31.3 Å². The molecule has 1 amide bonds. The highest BCUT2D eigenvalue weighted by molar-refractivity contribution is 7.98. The molecule has 1 saturated heterocycles. The van der Waals surface area contributed by atoms with E-state index in [0.29, 0.717) is 18.5 Å². The summed E-state index contributed by atoms with van der Waals surface area (Å²) in [6.45, 7) is 2.37. The molecule has 0 radical (unpaired) electrons. The van der Waals surface area contributed by atoms with Crippen LogP contribution in [-0.4, -0.2) is 51.2 Å². The van der Waals surface area contributed by atoms with Gasteiger partial charge in [0.1, 0.15) is 5.82 Å². The summed E-state index contributed by atoms with van der Waals surface area (Å²) in [6.07, 6.45) is 4.48. The molecule has 7 heteroatoms. The number of thioether (sulfide) groups is 1. The van der Waals surface area contributed by atoms with E-state index in [0.717, 1.165) is 55.5 Å². The number of amides is 1. The minimum absolute atomic E-state index is 0.162. The Labute approximate surface area is 164 Å². The zero-order valence-electron chi connectivity index (χ0n) is 15.8. The van der Waals surface area contributed by atoms with Crippen molar-refractivity contribution in [1.29, 1.82) is 0 Å². The molecule has 6 nitrogen and oxygen atoms in total. The highest BCUT2D eigenvalue weighted by Crippen LogP contribution is 2.29. The Morgan fingerprint density at radius 2 is 2.04 bits per heavy atom. The summed E-state index contributed by atoms with van der Waals surface area (Å²) in [5.74, 6) is 2.44. The summed E-state index contributed by atoms with van der Waals surface area (Å²) in [4.78, 5) is 14.4. The van der Waals surface area contributed by atoms with E-state index in [1.165, 1.54) is 5.56 Å². The van der Waals surface area contributed by atoms with Gasteiger partial charge in [0.15, 0.2) is 5.16 Å². The standard InChI is InChI=1S/C20H27N5OS/c1-24-19(22-23-20(24)27-14-15-6-3-2-4-7-15)16-8-5-11-25(12-16)13-18(26)21-17-9-10-17/h2-4,6-7,16-17H,5,8-14H2,1H3,(H,21,26). The monoisotopic (exact) mass is 385 g/mol. The lowest BCUT2D eigenvalue weighted by Gasteiger charge is -2.31. The molecule has 1 unspecified atom stereocenters. The van der Waals surface area contributed by atoms with Gasteiger partial charge in [-0.25, -0.2) is 0 Å². The van der Waals surface area contributed by atoms with Gasteiger partial charge in [-0.2, -0.15) is 0 Å². The first-order chi connectivity index (χ1) is 13.2. The molecule has 27 heavy (non-hydrogen) atoms. The van der Waals surface area contributed by atoms with E-state index in [4.69, 9.17) is 0 Å². The SMILES string of the molecule is Cn1c(SCc2ccccc2)nnc1C1CCCN(CC(=O)NC2CC2)C1. The van der Waals surface area contributed by atoms with Crippen LogP contribution in [0.15, 0.2) is 35.5 Å². The molecule has 2 fully saturated rings. The van der Waals surface area contributed by atoms with E-state index < -0.39 is 0 Å². The number of hydrogen-bond donors (Lipinski definition) is 1. The van der Waals surface area contributed by atoms with Gasteiger partial charge in [0.05, 0.1) is 6.54 Å². The van der Waals surface area contributed by atoms with E-state index in [-0.39, 0.29) is 5.91 Å². The van der Waals surface area contributed by atoms with E-state index in [1.54, 1.807) is 11.8 Å². The van der Waals surface area contributed by atoms with Crippen LogP contribution in [0.1, 0.15) is 43.0 Å². The van der Waals surface area contributed by atoms with Gasteiger partial charge in [-0.15, -0.1) is 10.2 Å². The summed E-state index contributed by atoms with van der Waals surface area (Å²) in [5.41, 5.74) is 1.29. The smallest absolute Gasteiger partial charge is 0.234 e. The van der Waals surface area contributed by atoms with Gasteiger partial charge in [-0.3, -0.25) is 9.69 Å². The second-order valence-corrected chi connectivity index (χ2v) is 8.53. The van der Waals surface area contributed by atoms with Crippen LogP contribution in [0.4, 0.5) is 0 Å². The second kappa shape index (κ2) is 8.44. The maximum absolute atomic E-state index is 12.1. The number of nitrogens with one attached hydrogen (secondary N) is 1. The fourth-order valence-electron chi connectivity index (χ4n) is 3.64. The summed E-state index contributed by atoms with van der Waals surface area (Å²) in [5, 5.41) is 12.9. The molecule has 1 aliphatic heterocycles. The molecule has 0 bridgehead atoms. The number of benzene rings is 1. The van der Waals surface area contributed by atoms with Gasteiger partial charge < -0.3 is 9.88 Å². The summed E-state index contributed by atoms with van der Waals surface area (Å²) in [6, 6.07) is 10.9. The Kier molecular flexibility index (Phi) is 5.78. The lowest BCUT2D eigenvalue weighted by molar-refractivity contribution is -0.122. The number of hydrogen-bond acceptors (Lipinski definition) is 5. The lowest BCUT2D eigenvalue weighted by atomic mass is 9.97. The molecule has 1 saturated carbocycles. The average Bonchev–Trinajstić information content (AvgIpc) is 3.41. The van der Waals surface area contributed by atoms with Gasteiger partial charge in [0.25, 0.3) is 0 Å². The normalized spacial score (nSPS) is 20.6. The van der Waals surface area contributed by atoms with Crippen molar-refractivity contribution in [2.45, 2.75) is 48.6 Å². The molecule has 1 aromatic carbocycles. The maximum Gasteiger partial charge on any atom is 0.234 e. The molecule has 2 aromatic rings. The molecule has 1 aliphatic carbocycles. The van der Waals surface area contributed by atoms with Crippen LogP contribution in [0.2, 0.25) is 0 Å². The van der Waals surface area contributed by atoms with Crippen molar-refractivity contribution in [3.8, 4) is 0 Å². The number of carbonyl (C=O) groups is 1. The third kappa shape index (κ3) is 4.90. The van der Waals surface area contributed by atoms with Crippen molar-refractivity contribution in [3.05, 3.63) is 41.7 Å². The Bertz CT molecular complexity index is 774. The van der Waals surface area contributed by atoms with Crippen LogP contribution in [0.25, 0.3) is 0 Å². The quantitative estimate of drug-likeness (QED) is 0.742. The van der Waals surface area contributed by atoms with Crippen LogP contribution < -0.4 is 5.32 Å². The predicted molar refractivity (Wildman–Crippen MR) is 107 cm³/mol. The first-order valence-corrected chi connectivity index (χ1v) is 10.8. The van der Waals surface area contributed by atoms with Crippen LogP contribution >= 0.6 is 11.8 Å². The molecular formula is C20H27N5OS. The van der Waals surface area contributed by atoms with Crippen molar-refractivity contribution >= 4 is 17.7 Å². The number of piperidine rings is 1. The first kappa shape index (κ1) is 18.5. The van der Waals surface area contributed by atoms with Crippen molar-refractivity contribution in [2.75, 3.05) is 19.6 Å². The number of aromatic nitrogens is 3. The number of rotatable bonds is 7. The van der Waals surface area contributed by atoms with Crippen molar-refractivity contribution in [3.63, 3.8) is 0 Å². The van der Waals surface area contributed by atoms with Gasteiger partial charge in [-0.1, -0.05) is 42.1 Å². The fourth-order valence-corrected chi connectivity index (χ4v) is 4.52. The zero-order chi connectivity index (χ0) is 18.6. The highest BCUT2D eigenvalue weighted by Gasteiger charge is 2.28. The van der Waals surface area contributed by atoms with Gasteiger partial charge >= 0.3 is 0 Å². The number of nitrogens with zero attached hydrogens (tertiary/aromatic N) is 4. The zero-order valence-corrected chi connectivity index (χ0v) is 16.6. The van der Waals surface area contributed by atoms with E-state index in [1.807, 2.05) is 6.07 Å². The Morgan fingerprint density at radius 3 is 2.81 bits per heavy atom. The Hall–Kier alpha value is -1.86. The third-order valence-electron chi connectivity index (χ3n) is 5.26. The minimum atomic E-state index is 0.162. The highest BCUT2D eigenvalue weighted by atomic mass is 32.2. The summed E-state index contributed by atoms with van der Waals surface area (Å²) >= 11 is 1.72. The molecule has 1 aromatic heterocycles. The van der Waals surface area contributed by atoms with Gasteiger partial charge in [0.2, 0.25) is 5.91 Å². The minimum Gasteiger partial charge on any atom is -0.352 e.